The van der Waals surface area contributed by atoms with Gasteiger partial charge in [-0.05, 0) is 51.1 Å². The van der Waals surface area contributed by atoms with E-state index in [9.17, 15) is 4.79 Å². The fourth-order valence-electron chi connectivity index (χ4n) is 2.95. The number of hydrogen-bond acceptors (Lipinski definition) is 4. The summed E-state index contributed by atoms with van der Waals surface area (Å²) in [6, 6.07) is 0. The number of ether oxygens (including phenoxy) is 2. The zero-order valence-electron chi connectivity index (χ0n) is 11.3. The first-order chi connectivity index (χ1) is 8.78. The molecule has 4 heteroatoms. The Labute approximate surface area is 109 Å². The van der Waals surface area contributed by atoms with Gasteiger partial charge in [-0.15, -0.1) is 0 Å². The van der Waals surface area contributed by atoms with Crippen molar-refractivity contribution < 1.29 is 14.3 Å². The largest absolute Gasteiger partial charge is 0.462 e. The van der Waals surface area contributed by atoms with Gasteiger partial charge in [0.15, 0.2) is 0 Å². The molecule has 2 fully saturated rings. The number of carbonyl (C=O) groups excluding carboxylic acids is 1. The summed E-state index contributed by atoms with van der Waals surface area (Å²) >= 11 is 0. The van der Waals surface area contributed by atoms with Gasteiger partial charge in [0.2, 0.25) is 0 Å². The molecule has 0 amide bonds. The Morgan fingerprint density at radius 2 is 2.11 bits per heavy atom. The Kier molecular flexibility index (Phi) is 5.45. The maximum absolute atomic E-state index is 11.8. The van der Waals surface area contributed by atoms with Crippen LogP contribution in [0, 0.1) is 5.92 Å². The van der Waals surface area contributed by atoms with Crippen LogP contribution in [0.5, 0.6) is 0 Å². The van der Waals surface area contributed by atoms with Gasteiger partial charge in [0.25, 0.3) is 0 Å². The van der Waals surface area contributed by atoms with Crippen LogP contribution in [0.4, 0.5) is 0 Å². The standard InChI is InChI=1S/C14H25NO3/c1-17-12-3-2-4-13(9-12)18-14(16)6-5-11-7-8-15-10-11/h11-13,15H,2-10H2,1H3. The summed E-state index contributed by atoms with van der Waals surface area (Å²) in [5.41, 5.74) is 0. The fourth-order valence-corrected chi connectivity index (χ4v) is 2.95. The lowest BCUT2D eigenvalue weighted by molar-refractivity contribution is -0.153. The van der Waals surface area contributed by atoms with Gasteiger partial charge in [-0.3, -0.25) is 4.79 Å². The smallest absolute Gasteiger partial charge is 0.306 e. The molecular formula is C14H25NO3. The number of methoxy groups -OCH3 is 1. The fraction of sp³-hybridized carbons (Fsp3) is 0.929. The lowest BCUT2D eigenvalue weighted by Crippen LogP contribution is -2.29. The number of hydrogen-bond donors (Lipinski definition) is 1. The van der Waals surface area contributed by atoms with E-state index in [1.54, 1.807) is 7.11 Å². The molecular weight excluding hydrogens is 230 g/mol. The van der Waals surface area contributed by atoms with E-state index in [4.69, 9.17) is 9.47 Å². The highest BCUT2D eigenvalue weighted by atomic mass is 16.5. The molecule has 3 atom stereocenters. The molecule has 0 aromatic carbocycles. The molecule has 4 nitrogen and oxygen atoms in total. The van der Waals surface area contributed by atoms with Crippen LogP contribution in [0.3, 0.4) is 0 Å². The highest BCUT2D eigenvalue weighted by Gasteiger charge is 2.25. The molecule has 104 valence electrons. The third-order valence-corrected chi connectivity index (χ3v) is 4.13. The predicted octanol–water partition coefficient (Wildman–Crippen LogP) is 1.88. The van der Waals surface area contributed by atoms with Gasteiger partial charge in [-0.25, -0.2) is 0 Å². The zero-order chi connectivity index (χ0) is 12.8. The van der Waals surface area contributed by atoms with E-state index in [0.717, 1.165) is 45.2 Å². The molecule has 1 saturated heterocycles. The predicted molar refractivity (Wildman–Crippen MR) is 69.4 cm³/mol. The third-order valence-electron chi connectivity index (χ3n) is 4.13. The van der Waals surface area contributed by atoms with Crippen LogP contribution < -0.4 is 5.32 Å². The van der Waals surface area contributed by atoms with Crippen LogP contribution in [-0.2, 0) is 14.3 Å². The molecule has 1 aliphatic heterocycles. The van der Waals surface area contributed by atoms with Gasteiger partial charge in [0.1, 0.15) is 6.10 Å². The lowest BCUT2D eigenvalue weighted by atomic mass is 9.95. The molecule has 0 radical (unpaired) electrons. The van der Waals surface area contributed by atoms with Crippen molar-refractivity contribution in [1.82, 2.24) is 5.32 Å². The van der Waals surface area contributed by atoms with Crippen molar-refractivity contribution in [3.8, 4) is 0 Å². The summed E-state index contributed by atoms with van der Waals surface area (Å²) in [6.07, 6.45) is 7.15. The summed E-state index contributed by atoms with van der Waals surface area (Å²) in [7, 11) is 1.74. The van der Waals surface area contributed by atoms with Crippen LogP contribution in [0.15, 0.2) is 0 Å². The van der Waals surface area contributed by atoms with E-state index in [1.807, 2.05) is 0 Å². The maximum atomic E-state index is 11.8. The Morgan fingerprint density at radius 1 is 1.28 bits per heavy atom. The lowest BCUT2D eigenvalue weighted by Gasteiger charge is -2.28. The van der Waals surface area contributed by atoms with Gasteiger partial charge in [0.05, 0.1) is 6.10 Å². The summed E-state index contributed by atoms with van der Waals surface area (Å²) in [6.45, 7) is 2.15. The van der Waals surface area contributed by atoms with E-state index in [-0.39, 0.29) is 18.2 Å². The number of carbonyl (C=O) groups is 1. The molecule has 1 heterocycles. The van der Waals surface area contributed by atoms with Crippen molar-refractivity contribution in [3.63, 3.8) is 0 Å². The third kappa shape index (κ3) is 4.25. The SMILES string of the molecule is COC1CCCC(OC(=O)CCC2CCNC2)C1. The monoisotopic (exact) mass is 255 g/mol. The van der Waals surface area contributed by atoms with E-state index in [0.29, 0.717) is 12.3 Å². The molecule has 18 heavy (non-hydrogen) atoms. The minimum absolute atomic E-state index is 0.0244. The van der Waals surface area contributed by atoms with Gasteiger partial charge in [0, 0.05) is 20.0 Å². The van der Waals surface area contributed by atoms with Crippen LogP contribution in [0.1, 0.15) is 44.9 Å². The van der Waals surface area contributed by atoms with Crippen molar-refractivity contribution in [1.29, 1.82) is 0 Å². The second kappa shape index (κ2) is 7.10. The van der Waals surface area contributed by atoms with E-state index in [1.165, 1.54) is 6.42 Å². The van der Waals surface area contributed by atoms with Gasteiger partial charge in [-0.1, -0.05) is 0 Å². The quantitative estimate of drug-likeness (QED) is 0.762. The van der Waals surface area contributed by atoms with Crippen molar-refractivity contribution in [2.75, 3.05) is 20.2 Å². The molecule has 1 saturated carbocycles. The van der Waals surface area contributed by atoms with Crippen molar-refractivity contribution in [2.24, 2.45) is 5.92 Å². The molecule has 1 aliphatic carbocycles. The second-order valence-corrected chi connectivity index (χ2v) is 5.53. The first kappa shape index (κ1) is 13.8. The van der Waals surface area contributed by atoms with Gasteiger partial charge < -0.3 is 14.8 Å². The minimum atomic E-state index is -0.0244. The van der Waals surface area contributed by atoms with Crippen LogP contribution in [-0.4, -0.2) is 38.4 Å². The number of nitrogens with one attached hydrogen (secondary N) is 1. The minimum Gasteiger partial charge on any atom is -0.462 e. The summed E-state index contributed by atoms with van der Waals surface area (Å²) in [5, 5.41) is 3.32. The summed E-state index contributed by atoms with van der Waals surface area (Å²) < 4.78 is 10.9. The Bertz CT molecular complexity index is 264. The molecule has 0 bridgehead atoms. The van der Waals surface area contributed by atoms with Crippen molar-refractivity contribution >= 4 is 5.97 Å². The normalized spacial score (nSPS) is 32.4. The van der Waals surface area contributed by atoms with Crippen molar-refractivity contribution in [3.05, 3.63) is 0 Å². The second-order valence-electron chi connectivity index (χ2n) is 5.53. The average Bonchev–Trinajstić information content (AvgIpc) is 2.90. The van der Waals surface area contributed by atoms with Crippen molar-refractivity contribution in [2.45, 2.75) is 57.2 Å². The Balaban J connectivity index is 1.63. The van der Waals surface area contributed by atoms with Crippen LogP contribution in [0.2, 0.25) is 0 Å². The Hall–Kier alpha value is -0.610. The molecule has 0 spiro atoms. The number of esters is 1. The van der Waals surface area contributed by atoms with E-state index < -0.39 is 0 Å². The molecule has 2 aliphatic rings. The topological polar surface area (TPSA) is 47.6 Å². The molecule has 2 rings (SSSR count). The highest BCUT2D eigenvalue weighted by molar-refractivity contribution is 5.69. The zero-order valence-corrected chi connectivity index (χ0v) is 11.3. The first-order valence-electron chi connectivity index (χ1n) is 7.21. The molecule has 3 unspecified atom stereocenters. The van der Waals surface area contributed by atoms with E-state index in [2.05, 4.69) is 5.32 Å². The first-order valence-corrected chi connectivity index (χ1v) is 7.21. The molecule has 0 aromatic rings. The van der Waals surface area contributed by atoms with Crippen LogP contribution in [0.25, 0.3) is 0 Å². The highest BCUT2D eigenvalue weighted by Crippen LogP contribution is 2.24. The average molecular weight is 255 g/mol. The van der Waals surface area contributed by atoms with Crippen LogP contribution >= 0.6 is 0 Å². The number of rotatable bonds is 5. The maximum Gasteiger partial charge on any atom is 0.306 e. The Morgan fingerprint density at radius 3 is 2.83 bits per heavy atom. The summed E-state index contributed by atoms with van der Waals surface area (Å²) in [4.78, 5) is 11.8. The van der Waals surface area contributed by atoms with E-state index >= 15 is 0 Å². The van der Waals surface area contributed by atoms with Gasteiger partial charge in [-0.2, -0.15) is 0 Å². The molecule has 1 N–H and O–H groups in total. The molecule has 0 aromatic heterocycles. The van der Waals surface area contributed by atoms with Gasteiger partial charge >= 0.3 is 5.97 Å². The summed E-state index contributed by atoms with van der Waals surface area (Å²) in [5.74, 6) is 0.638.